The maximum absolute atomic E-state index is 12.3. The Balaban J connectivity index is 2.25. The molecule has 3 rings (SSSR count). The van der Waals surface area contributed by atoms with E-state index in [2.05, 4.69) is 0 Å². The van der Waals surface area contributed by atoms with Gasteiger partial charge in [0, 0.05) is 7.05 Å². The van der Waals surface area contributed by atoms with Crippen LogP contribution in [0.3, 0.4) is 0 Å². The van der Waals surface area contributed by atoms with E-state index in [-0.39, 0.29) is 6.04 Å². The molecule has 0 aliphatic carbocycles. The monoisotopic (exact) mass is 259 g/mol. The Morgan fingerprint density at radius 3 is 2.28 bits per heavy atom. The molecule has 0 fully saturated rings. The van der Waals surface area contributed by atoms with Crippen molar-refractivity contribution in [3.8, 4) is 0 Å². The maximum Gasteiger partial charge on any atom is 0.244 e. The van der Waals surface area contributed by atoms with Crippen molar-refractivity contribution >= 4 is 10.0 Å². The number of sulfonamides is 1. The van der Waals surface area contributed by atoms with E-state index in [4.69, 9.17) is 0 Å². The van der Waals surface area contributed by atoms with Crippen LogP contribution in [0.5, 0.6) is 0 Å². The molecule has 1 aliphatic rings. The van der Waals surface area contributed by atoms with Crippen molar-refractivity contribution < 1.29 is 8.42 Å². The Bertz CT molecular complexity index is 680. The fourth-order valence-corrected chi connectivity index (χ4v) is 4.01. The average molecular weight is 259 g/mol. The molecule has 0 amide bonds. The molecule has 0 saturated carbocycles. The highest BCUT2D eigenvalue weighted by Crippen LogP contribution is 2.41. The van der Waals surface area contributed by atoms with Gasteiger partial charge in [-0.05, 0) is 17.2 Å². The van der Waals surface area contributed by atoms with E-state index < -0.39 is 10.0 Å². The second kappa shape index (κ2) is 3.93. The molecular weight excluding hydrogens is 246 g/mol. The van der Waals surface area contributed by atoms with E-state index in [0.29, 0.717) is 4.90 Å². The molecule has 0 aromatic heterocycles. The summed E-state index contributed by atoms with van der Waals surface area (Å²) in [5.41, 5.74) is 1.85. The van der Waals surface area contributed by atoms with E-state index in [1.807, 2.05) is 42.5 Å². The molecule has 0 radical (unpaired) electrons. The normalized spacial score (nSPS) is 21.7. The van der Waals surface area contributed by atoms with Gasteiger partial charge in [0.2, 0.25) is 10.0 Å². The van der Waals surface area contributed by atoms with Crippen LogP contribution in [0.1, 0.15) is 17.2 Å². The minimum absolute atomic E-state index is 0.215. The molecule has 4 heteroatoms. The Labute approximate surface area is 107 Å². The van der Waals surface area contributed by atoms with Gasteiger partial charge in [-0.25, -0.2) is 8.42 Å². The van der Waals surface area contributed by atoms with Crippen LogP contribution in [-0.4, -0.2) is 19.8 Å². The SMILES string of the molecule is CN1[C@@H](c2ccccc2)c2ccccc2S1(=O)=O. The molecule has 0 saturated heterocycles. The lowest BCUT2D eigenvalue weighted by Crippen LogP contribution is -2.24. The maximum atomic E-state index is 12.3. The molecule has 3 nitrogen and oxygen atoms in total. The van der Waals surface area contributed by atoms with Crippen molar-refractivity contribution in [1.82, 2.24) is 4.31 Å². The van der Waals surface area contributed by atoms with Gasteiger partial charge >= 0.3 is 0 Å². The third-order valence-electron chi connectivity index (χ3n) is 3.35. The van der Waals surface area contributed by atoms with Gasteiger partial charge in [0.05, 0.1) is 10.9 Å². The number of nitrogens with zero attached hydrogens (tertiary/aromatic N) is 1. The number of fused-ring (bicyclic) bond motifs is 1. The predicted molar refractivity (Wildman–Crippen MR) is 69.7 cm³/mol. The molecule has 0 unspecified atom stereocenters. The number of hydrogen-bond donors (Lipinski definition) is 0. The van der Waals surface area contributed by atoms with Gasteiger partial charge in [0.1, 0.15) is 0 Å². The average Bonchev–Trinajstić information content (AvgIpc) is 2.60. The molecular formula is C14H13NO2S. The van der Waals surface area contributed by atoms with Gasteiger partial charge in [0.15, 0.2) is 0 Å². The summed E-state index contributed by atoms with van der Waals surface area (Å²) in [4.78, 5) is 0.418. The summed E-state index contributed by atoms with van der Waals surface area (Å²) in [6, 6.07) is 16.7. The zero-order valence-electron chi connectivity index (χ0n) is 9.95. The minimum Gasteiger partial charge on any atom is -0.207 e. The van der Waals surface area contributed by atoms with Crippen LogP contribution in [0.15, 0.2) is 59.5 Å². The summed E-state index contributed by atoms with van der Waals surface area (Å²) in [7, 11) is -1.72. The van der Waals surface area contributed by atoms with E-state index in [0.717, 1.165) is 11.1 Å². The highest BCUT2D eigenvalue weighted by molar-refractivity contribution is 7.89. The summed E-state index contributed by atoms with van der Waals surface area (Å²) in [6.45, 7) is 0. The van der Waals surface area contributed by atoms with E-state index in [1.165, 1.54) is 4.31 Å². The zero-order valence-corrected chi connectivity index (χ0v) is 10.8. The first kappa shape index (κ1) is 11.4. The second-order valence-electron chi connectivity index (χ2n) is 4.37. The molecule has 92 valence electrons. The van der Waals surface area contributed by atoms with Gasteiger partial charge in [-0.3, -0.25) is 0 Å². The lowest BCUT2D eigenvalue weighted by molar-refractivity contribution is 0.440. The summed E-state index contributed by atoms with van der Waals surface area (Å²) >= 11 is 0. The highest BCUT2D eigenvalue weighted by Gasteiger charge is 2.40. The standard InChI is InChI=1S/C14H13NO2S/c1-15-14(11-7-3-2-4-8-11)12-9-5-6-10-13(12)18(15,16)17/h2-10,14H,1H3/t14-/m0/s1. The molecule has 1 heterocycles. The Hall–Kier alpha value is -1.65. The Morgan fingerprint density at radius 1 is 0.944 bits per heavy atom. The van der Waals surface area contributed by atoms with Crippen LogP contribution in [0.2, 0.25) is 0 Å². The van der Waals surface area contributed by atoms with Crippen molar-refractivity contribution in [2.45, 2.75) is 10.9 Å². The van der Waals surface area contributed by atoms with Gasteiger partial charge in [-0.2, -0.15) is 4.31 Å². The Kier molecular flexibility index (Phi) is 2.50. The van der Waals surface area contributed by atoms with Crippen molar-refractivity contribution in [3.05, 3.63) is 65.7 Å². The van der Waals surface area contributed by atoms with Crippen LogP contribution in [0.4, 0.5) is 0 Å². The first-order valence-electron chi connectivity index (χ1n) is 5.74. The number of hydrogen-bond acceptors (Lipinski definition) is 2. The third kappa shape index (κ3) is 1.50. The largest absolute Gasteiger partial charge is 0.244 e. The second-order valence-corrected chi connectivity index (χ2v) is 6.34. The van der Waals surface area contributed by atoms with Crippen molar-refractivity contribution in [3.63, 3.8) is 0 Å². The van der Waals surface area contributed by atoms with Crippen molar-refractivity contribution in [1.29, 1.82) is 0 Å². The summed E-state index contributed by atoms with van der Waals surface area (Å²) < 4.78 is 26.0. The fourth-order valence-electron chi connectivity index (χ4n) is 2.46. The highest BCUT2D eigenvalue weighted by atomic mass is 32.2. The van der Waals surface area contributed by atoms with E-state index in [1.54, 1.807) is 19.2 Å². The zero-order chi connectivity index (χ0) is 12.8. The van der Waals surface area contributed by atoms with Crippen molar-refractivity contribution in [2.24, 2.45) is 0 Å². The van der Waals surface area contributed by atoms with Gasteiger partial charge in [-0.1, -0.05) is 48.5 Å². The molecule has 0 spiro atoms. The van der Waals surface area contributed by atoms with E-state index in [9.17, 15) is 8.42 Å². The van der Waals surface area contributed by atoms with Crippen LogP contribution in [0.25, 0.3) is 0 Å². The van der Waals surface area contributed by atoms with Crippen LogP contribution in [-0.2, 0) is 10.0 Å². The summed E-state index contributed by atoms with van der Waals surface area (Å²) in [5, 5.41) is 0. The molecule has 18 heavy (non-hydrogen) atoms. The van der Waals surface area contributed by atoms with Gasteiger partial charge in [-0.15, -0.1) is 0 Å². The molecule has 1 aliphatic heterocycles. The summed E-state index contributed by atoms with van der Waals surface area (Å²) in [6.07, 6.45) is 0. The molecule has 0 N–H and O–H groups in total. The topological polar surface area (TPSA) is 37.4 Å². The fraction of sp³-hybridized carbons (Fsp3) is 0.143. The third-order valence-corrected chi connectivity index (χ3v) is 5.25. The molecule has 0 bridgehead atoms. The van der Waals surface area contributed by atoms with Gasteiger partial charge < -0.3 is 0 Å². The quantitative estimate of drug-likeness (QED) is 0.788. The minimum atomic E-state index is -3.35. The smallest absolute Gasteiger partial charge is 0.207 e. The first-order valence-corrected chi connectivity index (χ1v) is 7.18. The number of benzene rings is 2. The summed E-state index contributed by atoms with van der Waals surface area (Å²) in [5.74, 6) is 0. The van der Waals surface area contributed by atoms with Gasteiger partial charge in [0.25, 0.3) is 0 Å². The number of rotatable bonds is 1. The van der Waals surface area contributed by atoms with Crippen LogP contribution >= 0.6 is 0 Å². The molecule has 1 atom stereocenters. The van der Waals surface area contributed by atoms with Crippen LogP contribution in [0, 0.1) is 0 Å². The van der Waals surface area contributed by atoms with Crippen LogP contribution < -0.4 is 0 Å². The Morgan fingerprint density at radius 2 is 1.56 bits per heavy atom. The lowest BCUT2D eigenvalue weighted by atomic mass is 9.99. The predicted octanol–water partition coefficient (Wildman–Crippen LogP) is 2.41. The molecule has 2 aromatic carbocycles. The first-order chi connectivity index (χ1) is 8.62. The van der Waals surface area contributed by atoms with Crippen molar-refractivity contribution in [2.75, 3.05) is 7.05 Å². The molecule has 2 aromatic rings. The van der Waals surface area contributed by atoms with E-state index >= 15 is 0 Å². The lowest BCUT2D eigenvalue weighted by Gasteiger charge is -2.19.